The number of nitrogens with one attached hydrogen (secondary N) is 1. The summed E-state index contributed by atoms with van der Waals surface area (Å²) in [7, 11) is 0. The van der Waals surface area contributed by atoms with E-state index < -0.39 is 6.09 Å². The second kappa shape index (κ2) is 8.28. The highest BCUT2D eigenvalue weighted by Gasteiger charge is 1.97. The van der Waals surface area contributed by atoms with Gasteiger partial charge in [0.1, 0.15) is 0 Å². The lowest BCUT2D eigenvalue weighted by molar-refractivity contribution is 0.194. The third-order valence-electron chi connectivity index (χ3n) is 1.54. The molecular weight excluding hydrogens is 241 g/mol. The van der Waals surface area contributed by atoms with Crippen LogP contribution in [0.5, 0.6) is 0 Å². The molecular formula is C8H13Cl2N3O2. The minimum Gasteiger partial charge on any atom is -0.465 e. The quantitative estimate of drug-likeness (QED) is 0.754. The third kappa shape index (κ3) is 6.11. The molecule has 0 aliphatic heterocycles. The predicted molar refractivity (Wildman–Crippen MR) is 61.5 cm³/mol. The van der Waals surface area contributed by atoms with Crippen molar-refractivity contribution in [3.63, 3.8) is 0 Å². The topological polar surface area (TPSA) is 88.2 Å². The van der Waals surface area contributed by atoms with Gasteiger partial charge in [-0.3, -0.25) is 4.98 Å². The monoisotopic (exact) mass is 253 g/mol. The lowest BCUT2D eigenvalue weighted by atomic mass is 10.2. The van der Waals surface area contributed by atoms with Crippen molar-refractivity contribution in [2.24, 2.45) is 5.73 Å². The molecule has 1 aromatic rings. The van der Waals surface area contributed by atoms with Crippen molar-refractivity contribution >= 4 is 30.9 Å². The van der Waals surface area contributed by atoms with Gasteiger partial charge in [-0.2, -0.15) is 0 Å². The van der Waals surface area contributed by atoms with E-state index in [9.17, 15) is 4.79 Å². The summed E-state index contributed by atoms with van der Waals surface area (Å²) < 4.78 is 0. The summed E-state index contributed by atoms with van der Waals surface area (Å²) in [5.74, 6) is 0. The average molecular weight is 254 g/mol. The van der Waals surface area contributed by atoms with Crippen molar-refractivity contribution in [1.82, 2.24) is 10.3 Å². The molecule has 0 aromatic carbocycles. The fraction of sp³-hybridized carbons (Fsp3) is 0.250. The molecule has 0 saturated heterocycles. The number of carboxylic acid groups (broad SMARTS) is 1. The second-order valence-electron chi connectivity index (χ2n) is 2.52. The van der Waals surface area contributed by atoms with Gasteiger partial charge in [0.25, 0.3) is 0 Å². The Morgan fingerprint density at radius 1 is 1.47 bits per heavy atom. The van der Waals surface area contributed by atoms with E-state index in [0.29, 0.717) is 12.2 Å². The fourth-order valence-corrected chi connectivity index (χ4v) is 0.847. The van der Waals surface area contributed by atoms with Crippen LogP contribution in [0.3, 0.4) is 0 Å². The molecule has 0 aliphatic rings. The number of hydrogen-bond acceptors (Lipinski definition) is 3. The SMILES string of the molecule is Cl.Cl.NCc1ccc(CNC(=O)O)nc1. The van der Waals surface area contributed by atoms with Crippen LogP contribution < -0.4 is 11.1 Å². The molecule has 15 heavy (non-hydrogen) atoms. The minimum absolute atomic E-state index is 0. The Balaban J connectivity index is 0. The van der Waals surface area contributed by atoms with Gasteiger partial charge in [-0.25, -0.2) is 4.79 Å². The number of nitrogens with two attached hydrogens (primary N) is 1. The highest BCUT2D eigenvalue weighted by Crippen LogP contribution is 1.98. The number of halogens is 2. The van der Waals surface area contributed by atoms with Crippen molar-refractivity contribution < 1.29 is 9.90 Å². The summed E-state index contributed by atoms with van der Waals surface area (Å²) >= 11 is 0. The first-order valence-electron chi connectivity index (χ1n) is 3.83. The van der Waals surface area contributed by atoms with Crippen LogP contribution in [0.25, 0.3) is 0 Å². The van der Waals surface area contributed by atoms with E-state index in [-0.39, 0.29) is 31.4 Å². The lowest BCUT2D eigenvalue weighted by Crippen LogP contribution is -2.20. The Morgan fingerprint density at radius 2 is 2.13 bits per heavy atom. The van der Waals surface area contributed by atoms with Gasteiger partial charge < -0.3 is 16.2 Å². The Kier molecular flexibility index (Phi) is 9.05. The Hall–Kier alpha value is -1.04. The summed E-state index contributed by atoms with van der Waals surface area (Å²) in [5, 5.41) is 10.5. The van der Waals surface area contributed by atoms with Gasteiger partial charge in [-0.05, 0) is 11.6 Å². The van der Waals surface area contributed by atoms with Gasteiger partial charge in [-0.1, -0.05) is 6.07 Å². The maximum atomic E-state index is 10.1. The molecule has 0 unspecified atom stereocenters. The number of amides is 1. The maximum Gasteiger partial charge on any atom is 0.404 e. The third-order valence-corrected chi connectivity index (χ3v) is 1.54. The Morgan fingerprint density at radius 3 is 2.53 bits per heavy atom. The lowest BCUT2D eigenvalue weighted by Gasteiger charge is -2.01. The molecule has 1 amide bonds. The van der Waals surface area contributed by atoms with Crippen LogP contribution in [0.15, 0.2) is 18.3 Å². The fourth-order valence-electron chi connectivity index (χ4n) is 0.847. The van der Waals surface area contributed by atoms with E-state index in [1.54, 1.807) is 12.3 Å². The van der Waals surface area contributed by atoms with Crippen LogP contribution in [-0.2, 0) is 13.1 Å². The zero-order chi connectivity index (χ0) is 9.68. The highest BCUT2D eigenvalue weighted by molar-refractivity contribution is 5.85. The molecule has 0 aliphatic carbocycles. The summed E-state index contributed by atoms with van der Waals surface area (Å²) in [4.78, 5) is 14.2. The molecule has 0 atom stereocenters. The maximum absolute atomic E-state index is 10.1. The van der Waals surface area contributed by atoms with Crippen LogP contribution in [0.2, 0.25) is 0 Å². The summed E-state index contributed by atoms with van der Waals surface area (Å²) in [6, 6.07) is 3.57. The molecule has 5 nitrogen and oxygen atoms in total. The molecule has 1 aromatic heterocycles. The first-order chi connectivity index (χ1) is 6.22. The zero-order valence-electron chi connectivity index (χ0n) is 7.84. The van der Waals surface area contributed by atoms with Crippen LogP contribution >= 0.6 is 24.8 Å². The second-order valence-corrected chi connectivity index (χ2v) is 2.52. The van der Waals surface area contributed by atoms with E-state index in [1.165, 1.54) is 0 Å². The number of aromatic nitrogens is 1. The van der Waals surface area contributed by atoms with E-state index >= 15 is 0 Å². The van der Waals surface area contributed by atoms with Gasteiger partial charge in [0.2, 0.25) is 0 Å². The highest BCUT2D eigenvalue weighted by atomic mass is 35.5. The molecule has 0 spiro atoms. The van der Waals surface area contributed by atoms with E-state index in [4.69, 9.17) is 10.8 Å². The molecule has 0 bridgehead atoms. The van der Waals surface area contributed by atoms with Crippen LogP contribution in [0, 0.1) is 0 Å². The van der Waals surface area contributed by atoms with Gasteiger partial charge in [0.05, 0.1) is 12.2 Å². The minimum atomic E-state index is -1.05. The first kappa shape index (κ1) is 16.4. The molecule has 0 saturated carbocycles. The van der Waals surface area contributed by atoms with Crippen molar-refractivity contribution in [2.75, 3.05) is 0 Å². The van der Waals surface area contributed by atoms with Crippen molar-refractivity contribution in [3.8, 4) is 0 Å². The standard InChI is InChI=1S/C8H11N3O2.2ClH/c9-3-6-1-2-7(10-4-6)5-11-8(12)13;;/h1-2,4,11H,3,5,9H2,(H,12,13);2*1H. The summed E-state index contributed by atoms with van der Waals surface area (Å²) in [6.45, 7) is 0.666. The molecule has 7 heteroatoms. The van der Waals surface area contributed by atoms with Gasteiger partial charge in [-0.15, -0.1) is 24.8 Å². The number of hydrogen-bond donors (Lipinski definition) is 3. The molecule has 0 radical (unpaired) electrons. The summed E-state index contributed by atoms with van der Waals surface area (Å²) in [5.41, 5.74) is 6.98. The Labute approximate surface area is 99.9 Å². The number of nitrogens with zero attached hydrogens (tertiary/aromatic N) is 1. The van der Waals surface area contributed by atoms with Crippen LogP contribution in [0.1, 0.15) is 11.3 Å². The molecule has 1 heterocycles. The number of pyridine rings is 1. The van der Waals surface area contributed by atoms with Gasteiger partial charge in [0.15, 0.2) is 0 Å². The molecule has 86 valence electrons. The van der Waals surface area contributed by atoms with E-state index in [0.717, 1.165) is 5.56 Å². The van der Waals surface area contributed by atoms with E-state index in [1.807, 2.05) is 6.07 Å². The molecule has 4 N–H and O–H groups in total. The molecule has 0 fully saturated rings. The normalized spacial score (nSPS) is 8.33. The Bertz CT molecular complexity index is 292. The zero-order valence-corrected chi connectivity index (χ0v) is 9.48. The smallest absolute Gasteiger partial charge is 0.404 e. The first-order valence-corrected chi connectivity index (χ1v) is 3.83. The number of carbonyl (C=O) groups is 1. The predicted octanol–water partition coefficient (Wildman–Crippen LogP) is 1.15. The number of rotatable bonds is 3. The average Bonchev–Trinajstić information content (AvgIpc) is 2.15. The van der Waals surface area contributed by atoms with Crippen LogP contribution in [-0.4, -0.2) is 16.2 Å². The van der Waals surface area contributed by atoms with Crippen LogP contribution in [0.4, 0.5) is 4.79 Å². The van der Waals surface area contributed by atoms with Crippen molar-refractivity contribution in [1.29, 1.82) is 0 Å². The van der Waals surface area contributed by atoms with Crippen molar-refractivity contribution in [2.45, 2.75) is 13.1 Å². The van der Waals surface area contributed by atoms with Gasteiger partial charge >= 0.3 is 6.09 Å². The van der Waals surface area contributed by atoms with Gasteiger partial charge in [0, 0.05) is 12.7 Å². The van der Waals surface area contributed by atoms with E-state index in [2.05, 4.69) is 10.3 Å². The van der Waals surface area contributed by atoms with Crippen molar-refractivity contribution in [3.05, 3.63) is 29.6 Å². The largest absolute Gasteiger partial charge is 0.465 e. The molecule has 1 rings (SSSR count). The summed E-state index contributed by atoms with van der Waals surface area (Å²) in [6.07, 6.45) is 0.587.